The lowest BCUT2D eigenvalue weighted by molar-refractivity contribution is -0.122. The molecule has 0 saturated carbocycles. The fraction of sp³-hybridized carbons (Fsp3) is 0.250. The Bertz CT molecular complexity index is 644. The normalized spacial score (nSPS) is 11.6. The Kier molecular flexibility index (Phi) is 5.32. The van der Waals surface area contributed by atoms with E-state index in [1.807, 2.05) is 24.3 Å². The molecule has 1 amide bonds. The second-order valence-corrected chi connectivity index (χ2v) is 4.76. The SMILES string of the molecule is COc1cccc(Oc2ncccc2CNC(=O)[C@@H](C)N)c1. The Morgan fingerprint density at radius 1 is 1.32 bits per heavy atom. The van der Waals surface area contributed by atoms with Crippen molar-refractivity contribution in [3.63, 3.8) is 0 Å². The standard InChI is InChI=1S/C16H19N3O3/c1-11(17)15(20)19-10-12-5-4-8-18-16(12)22-14-7-3-6-13(9-14)21-2/h3-9,11H,10,17H2,1-2H3,(H,19,20)/t11-/m1/s1. The largest absolute Gasteiger partial charge is 0.497 e. The van der Waals surface area contributed by atoms with Crippen molar-refractivity contribution in [2.24, 2.45) is 5.73 Å². The van der Waals surface area contributed by atoms with Crippen LogP contribution < -0.4 is 20.5 Å². The Hall–Kier alpha value is -2.60. The van der Waals surface area contributed by atoms with Gasteiger partial charge in [-0.3, -0.25) is 4.79 Å². The summed E-state index contributed by atoms with van der Waals surface area (Å²) in [5.74, 6) is 1.51. The highest BCUT2D eigenvalue weighted by molar-refractivity contribution is 5.80. The van der Waals surface area contributed by atoms with E-state index >= 15 is 0 Å². The molecule has 1 aromatic heterocycles. The van der Waals surface area contributed by atoms with Crippen LogP contribution in [0.15, 0.2) is 42.6 Å². The fourth-order valence-corrected chi connectivity index (χ4v) is 1.77. The highest BCUT2D eigenvalue weighted by Gasteiger charge is 2.10. The summed E-state index contributed by atoms with van der Waals surface area (Å²) in [4.78, 5) is 15.8. The van der Waals surface area contributed by atoms with E-state index in [0.29, 0.717) is 23.9 Å². The zero-order valence-corrected chi connectivity index (χ0v) is 12.6. The molecule has 3 N–H and O–H groups in total. The van der Waals surface area contributed by atoms with Gasteiger partial charge in [0.2, 0.25) is 11.8 Å². The number of hydrogen-bond donors (Lipinski definition) is 2. The number of nitrogens with one attached hydrogen (secondary N) is 1. The predicted molar refractivity (Wildman–Crippen MR) is 82.8 cm³/mol. The van der Waals surface area contributed by atoms with Gasteiger partial charge in [0.05, 0.1) is 13.2 Å². The third-order valence-electron chi connectivity index (χ3n) is 2.97. The number of carbonyl (C=O) groups is 1. The number of hydrogen-bond acceptors (Lipinski definition) is 5. The van der Waals surface area contributed by atoms with Gasteiger partial charge in [0, 0.05) is 24.4 Å². The van der Waals surface area contributed by atoms with Crippen LogP contribution in [0.3, 0.4) is 0 Å². The number of carbonyl (C=O) groups excluding carboxylic acids is 1. The lowest BCUT2D eigenvalue weighted by Gasteiger charge is -2.12. The van der Waals surface area contributed by atoms with Crippen molar-refractivity contribution in [2.75, 3.05) is 7.11 Å². The van der Waals surface area contributed by atoms with Crippen LogP contribution in [-0.4, -0.2) is 24.0 Å². The fourth-order valence-electron chi connectivity index (χ4n) is 1.77. The van der Waals surface area contributed by atoms with E-state index in [0.717, 1.165) is 5.56 Å². The number of ether oxygens (including phenoxy) is 2. The van der Waals surface area contributed by atoms with Gasteiger partial charge in [0.15, 0.2) is 0 Å². The van der Waals surface area contributed by atoms with Gasteiger partial charge in [-0.25, -0.2) is 4.98 Å². The van der Waals surface area contributed by atoms with Crippen LogP contribution in [-0.2, 0) is 11.3 Å². The molecule has 1 heterocycles. The first-order valence-corrected chi connectivity index (χ1v) is 6.89. The maximum Gasteiger partial charge on any atom is 0.236 e. The second kappa shape index (κ2) is 7.42. The smallest absolute Gasteiger partial charge is 0.236 e. The summed E-state index contributed by atoms with van der Waals surface area (Å²) < 4.78 is 10.9. The Balaban J connectivity index is 2.12. The first-order valence-electron chi connectivity index (χ1n) is 6.89. The second-order valence-electron chi connectivity index (χ2n) is 4.76. The third kappa shape index (κ3) is 4.20. The summed E-state index contributed by atoms with van der Waals surface area (Å²) in [7, 11) is 1.59. The topological polar surface area (TPSA) is 86.5 Å². The number of benzene rings is 1. The molecule has 0 unspecified atom stereocenters. The first kappa shape index (κ1) is 15.8. The predicted octanol–water partition coefficient (Wildman–Crippen LogP) is 1.85. The number of aromatic nitrogens is 1. The molecule has 0 aliphatic carbocycles. The van der Waals surface area contributed by atoms with Gasteiger partial charge in [-0.2, -0.15) is 0 Å². The van der Waals surface area contributed by atoms with Gasteiger partial charge in [-0.1, -0.05) is 12.1 Å². The highest BCUT2D eigenvalue weighted by Crippen LogP contribution is 2.25. The minimum absolute atomic E-state index is 0.226. The van der Waals surface area contributed by atoms with E-state index in [1.165, 1.54) is 0 Å². The number of nitrogens with two attached hydrogens (primary N) is 1. The molecule has 0 aliphatic rings. The van der Waals surface area contributed by atoms with Crippen molar-refractivity contribution < 1.29 is 14.3 Å². The summed E-state index contributed by atoms with van der Waals surface area (Å²) in [6.45, 7) is 1.93. The van der Waals surface area contributed by atoms with E-state index in [4.69, 9.17) is 15.2 Å². The van der Waals surface area contributed by atoms with Gasteiger partial charge in [0.1, 0.15) is 11.5 Å². The van der Waals surface area contributed by atoms with Crippen molar-refractivity contribution >= 4 is 5.91 Å². The number of pyridine rings is 1. The average Bonchev–Trinajstić information content (AvgIpc) is 2.53. The van der Waals surface area contributed by atoms with Crippen LogP contribution >= 0.6 is 0 Å². The van der Waals surface area contributed by atoms with E-state index in [2.05, 4.69) is 10.3 Å². The van der Waals surface area contributed by atoms with Crippen LogP contribution in [0, 0.1) is 0 Å². The third-order valence-corrected chi connectivity index (χ3v) is 2.97. The van der Waals surface area contributed by atoms with Crippen molar-refractivity contribution in [1.29, 1.82) is 0 Å². The van der Waals surface area contributed by atoms with Gasteiger partial charge in [0.25, 0.3) is 0 Å². The van der Waals surface area contributed by atoms with E-state index < -0.39 is 6.04 Å². The number of rotatable bonds is 6. The zero-order chi connectivity index (χ0) is 15.9. The molecule has 0 fully saturated rings. The lowest BCUT2D eigenvalue weighted by Crippen LogP contribution is -2.37. The zero-order valence-electron chi connectivity index (χ0n) is 12.6. The number of nitrogens with zero attached hydrogens (tertiary/aromatic N) is 1. The number of methoxy groups -OCH3 is 1. The lowest BCUT2D eigenvalue weighted by atomic mass is 10.2. The van der Waals surface area contributed by atoms with Gasteiger partial charge < -0.3 is 20.5 Å². The first-order chi connectivity index (χ1) is 10.6. The minimum atomic E-state index is -0.556. The summed E-state index contributed by atoms with van der Waals surface area (Å²) in [6.07, 6.45) is 1.63. The van der Waals surface area contributed by atoms with E-state index in [9.17, 15) is 4.79 Å². The minimum Gasteiger partial charge on any atom is -0.497 e. The molecule has 1 atom stereocenters. The van der Waals surface area contributed by atoms with Crippen LogP contribution in [0.1, 0.15) is 12.5 Å². The Morgan fingerprint density at radius 2 is 2.09 bits per heavy atom. The molecule has 0 radical (unpaired) electrons. The molecular weight excluding hydrogens is 282 g/mol. The molecule has 0 saturated heterocycles. The summed E-state index contributed by atoms with van der Waals surface area (Å²) >= 11 is 0. The van der Waals surface area contributed by atoms with Crippen LogP contribution in [0.25, 0.3) is 0 Å². The molecule has 0 spiro atoms. The summed E-state index contributed by atoms with van der Waals surface area (Å²) in [5, 5.41) is 2.74. The molecule has 2 aromatic rings. The summed E-state index contributed by atoms with van der Waals surface area (Å²) in [6, 6.07) is 10.3. The highest BCUT2D eigenvalue weighted by atomic mass is 16.5. The summed E-state index contributed by atoms with van der Waals surface area (Å²) in [5.41, 5.74) is 6.28. The van der Waals surface area contributed by atoms with Crippen LogP contribution in [0.5, 0.6) is 17.4 Å². The monoisotopic (exact) mass is 301 g/mol. The van der Waals surface area contributed by atoms with Gasteiger partial charge in [-0.05, 0) is 25.1 Å². The van der Waals surface area contributed by atoms with Crippen molar-refractivity contribution in [3.05, 3.63) is 48.2 Å². The van der Waals surface area contributed by atoms with E-state index in [-0.39, 0.29) is 5.91 Å². The van der Waals surface area contributed by atoms with Gasteiger partial charge in [-0.15, -0.1) is 0 Å². The molecule has 2 rings (SSSR count). The molecule has 1 aromatic carbocycles. The average molecular weight is 301 g/mol. The molecule has 0 aliphatic heterocycles. The molecule has 116 valence electrons. The Morgan fingerprint density at radius 3 is 2.82 bits per heavy atom. The van der Waals surface area contributed by atoms with Gasteiger partial charge >= 0.3 is 0 Å². The quantitative estimate of drug-likeness (QED) is 0.850. The van der Waals surface area contributed by atoms with E-state index in [1.54, 1.807) is 32.4 Å². The molecule has 6 nitrogen and oxygen atoms in total. The Labute approximate surface area is 129 Å². The maximum atomic E-state index is 11.6. The van der Waals surface area contributed by atoms with Crippen molar-refractivity contribution in [2.45, 2.75) is 19.5 Å². The van der Waals surface area contributed by atoms with Crippen molar-refractivity contribution in [3.8, 4) is 17.4 Å². The molecule has 22 heavy (non-hydrogen) atoms. The van der Waals surface area contributed by atoms with Crippen LogP contribution in [0.4, 0.5) is 0 Å². The number of amides is 1. The molecular formula is C16H19N3O3. The molecule has 0 bridgehead atoms. The van der Waals surface area contributed by atoms with Crippen molar-refractivity contribution in [1.82, 2.24) is 10.3 Å². The molecule has 6 heteroatoms. The maximum absolute atomic E-state index is 11.6. The van der Waals surface area contributed by atoms with Crippen LogP contribution in [0.2, 0.25) is 0 Å².